The molecule has 110 valence electrons. The van der Waals surface area contributed by atoms with Crippen LogP contribution < -0.4 is 10.5 Å². The van der Waals surface area contributed by atoms with E-state index in [1.165, 1.54) is 0 Å². The van der Waals surface area contributed by atoms with Crippen LogP contribution >= 0.6 is 11.6 Å². The second-order valence-electron chi connectivity index (χ2n) is 6.75. The lowest BCUT2D eigenvalue weighted by Gasteiger charge is -2.61. The molecular formula is C16H23ClN2O. The van der Waals surface area contributed by atoms with Crippen LogP contribution in [-0.2, 0) is 6.54 Å². The Morgan fingerprint density at radius 2 is 1.90 bits per heavy atom. The highest BCUT2D eigenvalue weighted by molar-refractivity contribution is 6.31. The van der Waals surface area contributed by atoms with Crippen LogP contribution in [0.3, 0.4) is 0 Å². The monoisotopic (exact) mass is 294 g/mol. The largest absolute Gasteiger partial charge is 0.489 e. The van der Waals surface area contributed by atoms with Gasteiger partial charge in [-0.3, -0.25) is 4.99 Å². The molecule has 0 bridgehead atoms. The van der Waals surface area contributed by atoms with Crippen LogP contribution in [0.5, 0.6) is 5.75 Å². The molecule has 0 unspecified atom stereocenters. The van der Waals surface area contributed by atoms with E-state index in [0.717, 1.165) is 11.3 Å². The molecule has 1 saturated carbocycles. The molecule has 0 amide bonds. The molecule has 0 aromatic heterocycles. The Labute approximate surface area is 126 Å². The number of aliphatic imine (C=N–C) groups is 1. The smallest absolute Gasteiger partial charge is 0.121 e. The van der Waals surface area contributed by atoms with Gasteiger partial charge in [0.05, 0.1) is 6.54 Å². The molecule has 0 atom stereocenters. The lowest BCUT2D eigenvalue weighted by atomic mass is 9.50. The van der Waals surface area contributed by atoms with E-state index in [9.17, 15) is 0 Å². The predicted molar refractivity (Wildman–Crippen MR) is 84.7 cm³/mol. The zero-order valence-corrected chi connectivity index (χ0v) is 13.4. The molecule has 20 heavy (non-hydrogen) atoms. The van der Waals surface area contributed by atoms with Crippen molar-refractivity contribution in [2.75, 3.05) is 0 Å². The third-order valence-electron chi connectivity index (χ3n) is 4.52. The molecule has 2 rings (SSSR count). The predicted octanol–water partition coefficient (Wildman–Crippen LogP) is 3.68. The summed E-state index contributed by atoms with van der Waals surface area (Å²) < 4.78 is 6.15. The second-order valence-corrected chi connectivity index (χ2v) is 7.16. The Morgan fingerprint density at radius 1 is 1.30 bits per heavy atom. The van der Waals surface area contributed by atoms with E-state index >= 15 is 0 Å². The first kappa shape index (κ1) is 15.3. The van der Waals surface area contributed by atoms with Crippen molar-refractivity contribution in [3.8, 4) is 5.75 Å². The van der Waals surface area contributed by atoms with E-state index < -0.39 is 0 Å². The van der Waals surface area contributed by atoms with Gasteiger partial charge < -0.3 is 10.5 Å². The Hall–Kier alpha value is -1.06. The highest BCUT2D eigenvalue weighted by Crippen LogP contribution is 2.54. The number of halogens is 1. The van der Waals surface area contributed by atoms with Gasteiger partial charge in [-0.2, -0.15) is 0 Å². The molecule has 0 aliphatic heterocycles. The summed E-state index contributed by atoms with van der Waals surface area (Å²) in [6, 6.07) is 5.84. The number of hydrogen-bond donors (Lipinski definition) is 1. The third-order valence-corrected chi connectivity index (χ3v) is 4.87. The second kappa shape index (κ2) is 5.05. The van der Waals surface area contributed by atoms with Crippen LogP contribution in [0.1, 0.15) is 33.3 Å². The SMILES string of the molecule is C=NCc1ccc(OC2C(C)(C)C(N)C2(C)C)cc1Cl. The Morgan fingerprint density at radius 3 is 2.40 bits per heavy atom. The van der Waals surface area contributed by atoms with E-state index in [2.05, 4.69) is 39.4 Å². The molecular weight excluding hydrogens is 272 g/mol. The summed E-state index contributed by atoms with van der Waals surface area (Å²) in [6.45, 7) is 12.6. The molecule has 0 spiro atoms. The molecule has 1 aliphatic rings. The molecule has 0 radical (unpaired) electrons. The van der Waals surface area contributed by atoms with Gasteiger partial charge >= 0.3 is 0 Å². The van der Waals surface area contributed by atoms with Gasteiger partial charge in [0.2, 0.25) is 0 Å². The lowest BCUT2D eigenvalue weighted by Crippen LogP contribution is -2.72. The summed E-state index contributed by atoms with van der Waals surface area (Å²) >= 11 is 6.23. The maximum atomic E-state index is 6.25. The number of nitrogens with zero attached hydrogens (tertiary/aromatic N) is 1. The minimum atomic E-state index is -0.0443. The normalized spacial score (nSPS) is 26.7. The van der Waals surface area contributed by atoms with Crippen molar-refractivity contribution >= 4 is 18.3 Å². The van der Waals surface area contributed by atoms with E-state index in [4.69, 9.17) is 22.1 Å². The van der Waals surface area contributed by atoms with E-state index in [-0.39, 0.29) is 23.0 Å². The van der Waals surface area contributed by atoms with Gasteiger partial charge in [0.1, 0.15) is 11.9 Å². The Balaban J connectivity index is 2.19. The molecule has 1 fully saturated rings. The maximum absolute atomic E-state index is 6.25. The average molecular weight is 295 g/mol. The van der Waals surface area contributed by atoms with Crippen LogP contribution in [-0.4, -0.2) is 18.9 Å². The molecule has 0 heterocycles. The van der Waals surface area contributed by atoms with Gasteiger partial charge in [0.15, 0.2) is 0 Å². The fourth-order valence-corrected chi connectivity index (χ4v) is 3.67. The van der Waals surface area contributed by atoms with Crippen molar-refractivity contribution in [2.45, 2.75) is 46.4 Å². The summed E-state index contributed by atoms with van der Waals surface area (Å²) in [7, 11) is 0. The average Bonchev–Trinajstić information content (AvgIpc) is 2.38. The lowest BCUT2D eigenvalue weighted by molar-refractivity contribution is -0.155. The molecule has 2 N–H and O–H groups in total. The van der Waals surface area contributed by atoms with Crippen molar-refractivity contribution in [1.82, 2.24) is 0 Å². The molecule has 3 nitrogen and oxygen atoms in total. The molecule has 0 saturated heterocycles. The number of nitrogens with two attached hydrogens (primary N) is 1. The topological polar surface area (TPSA) is 47.6 Å². The first-order valence-electron chi connectivity index (χ1n) is 6.84. The zero-order valence-electron chi connectivity index (χ0n) is 12.6. The number of rotatable bonds is 4. The van der Waals surface area contributed by atoms with Crippen molar-refractivity contribution in [2.24, 2.45) is 21.6 Å². The summed E-state index contributed by atoms with van der Waals surface area (Å²) in [6.07, 6.45) is 0.0736. The first-order chi connectivity index (χ1) is 9.21. The van der Waals surface area contributed by atoms with Gasteiger partial charge in [0.25, 0.3) is 0 Å². The van der Waals surface area contributed by atoms with Crippen molar-refractivity contribution < 1.29 is 4.74 Å². The van der Waals surface area contributed by atoms with E-state index in [1.807, 2.05) is 18.2 Å². The van der Waals surface area contributed by atoms with Crippen LogP contribution in [0.25, 0.3) is 0 Å². The highest BCUT2D eigenvalue weighted by Gasteiger charge is 2.61. The molecule has 1 aromatic carbocycles. The fourth-order valence-electron chi connectivity index (χ4n) is 3.44. The standard InChI is InChI=1S/C16H23ClN2O/c1-15(2)13(18)16(3,4)14(15)20-11-7-6-10(9-19-5)12(17)8-11/h6-8,13-14H,5,9,18H2,1-4H3. The Bertz CT molecular complexity index is 509. The number of ether oxygens (including phenoxy) is 1. The summed E-state index contributed by atoms with van der Waals surface area (Å²) in [5, 5.41) is 0.661. The first-order valence-corrected chi connectivity index (χ1v) is 7.22. The van der Waals surface area contributed by atoms with E-state index in [1.54, 1.807) is 0 Å². The van der Waals surface area contributed by atoms with Crippen molar-refractivity contribution in [3.63, 3.8) is 0 Å². The highest BCUT2D eigenvalue weighted by atomic mass is 35.5. The third kappa shape index (κ3) is 2.33. The van der Waals surface area contributed by atoms with Gasteiger partial charge in [-0.05, 0) is 24.4 Å². The fraction of sp³-hybridized carbons (Fsp3) is 0.562. The van der Waals surface area contributed by atoms with Crippen LogP contribution in [0.4, 0.5) is 0 Å². The zero-order chi connectivity index (χ0) is 15.1. The maximum Gasteiger partial charge on any atom is 0.121 e. The van der Waals surface area contributed by atoms with E-state index in [0.29, 0.717) is 11.6 Å². The number of hydrogen-bond acceptors (Lipinski definition) is 3. The summed E-state index contributed by atoms with van der Waals surface area (Å²) in [4.78, 5) is 3.85. The molecule has 1 aliphatic carbocycles. The molecule has 4 heteroatoms. The van der Waals surface area contributed by atoms with Gasteiger partial charge in [-0.25, -0.2) is 0 Å². The molecule has 1 aromatic rings. The van der Waals surface area contributed by atoms with Crippen molar-refractivity contribution in [3.05, 3.63) is 28.8 Å². The van der Waals surface area contributed by atoms with Gasteiger partial charge in [0, 0.05) is 21.9 Å². The Kier molecular flexibility index (Phi) is 3.87. The summed E-state index contributed by atoms with van der Waals surface area (Å²) in [5.74, 6) is 0.779. The minimum absolute atomic E-state index is 0.0443. The minimum Gasteiger partial charge on any atom is -0.489 e. The quantitative estimate of drug-likeness (QED) is 0.861. The van der Waals surface area contributed by atoms with Gasteiger partial charge in [-0.1, -0.05) is 45.4 Å². The summed E-state index contributed by atoms with van der Waals surface area (Å²) in [5.41, 5.74) is 7.11. The van der Waals surface area contributed by atoms with Crippen LogP contribution in [0, 0.1) is 10.8 Å². The van der Waals surface area contributed by atoms with Crippen LogP contribution in [0.15, 0.2) is 23.2 Å². The number of benzene rings is 1. The van der Waals surface area contributed by atoms with Crippen LogP contribution in [0.2, 0.25) is 5.02 Å². The van der Waals surface area contributed by atoms with Gasteiger partial charge in [-0.15, -0.1) is 0 Å². The van der Waals surface area contributed by atoms with Crippen molar-refractivity contribution in [1.29, 1.82) is 0 Å².